The average molecular weight is 599 g/mol. The van der Waals surface area contributed by atoms with Crippen LogP contribution in [0, 0.1) is 11.3 Å². The van der Waals surface area contributed by atoms with Crippen LogP contribution in [0.3, 0.4) is 0 Å². The van der Waals surface area contributed by atoms with Crippen LogP contribution in [0.4, 0.5) is 0 Å². The number of hydrogen-bond donors (Lipinski definition) is 1. The van der Waals surface area contributed by atoms with E-state index in [2.05, 4.69) is 20.9 Å². The number of aromatic carboxylic acids is 1. The summed E-state index contributed by atoms with van der Waals surface area (Å²) in [7, 11) is 0. The van der Waals surface area contributed by atoms with Crippen LogP contribution in [0.2, 0.25) is 5.02 Å². The summed E-state index contributed by atoms with van der Waals surface area (Å²) in [5, 5.41) is 19.3. The molecule has 6 rings (SSSR count). The summed E-state index contributed by atoms with van der Waals surface area (Å²) in [4.78, 5) is 27.3. The lowest BCUT2D eigenvalue weighted by Crippen LogP contribution is -2.38. The first-order valence-electron chi connectivity index (χ1n) is 13.7. The van der Waals surface area contributed by atoms with Gasteiger partial charge < -0.3 is 23.6 Å². The molecule has 0 aliphatic carbocycles. The summed E-state index contributed by atoms with van der Waals surface area (Å²) in [6.07, 6.45) is 4.65. The normalized spacial score (nSPS) is 14.0. The molecule has 0 bridgehead atoms. The molecular weight excluding hydrogens is 572 g/mol. The lowest BCUT2D eigenvalue weighted by molar-refractivity contribution is 0.0697. The number of aromatic nitrogens is 4. The lowest BCUT2D eigenvalue weighted by atomic mass is 10.1. The van der Waals surface area contributed by atoms with Crippen LogP contribution >= 0.6 is 11.6 Å². The molecule has 0 atom stereocenters. The topological polar surface area (TPSA) is 140 Å². The van der Waals surface area contributed by atoms with Crippen LogP contribution < -0.4 is 9.47 Å². The van der Waals surface area contributed by atoms with Gasteiger partial charge in [-0.3, -0.25) is 4.90 Å². The van der Waals surface area contributed by atoms with Crippen molar-refractivity contribution in [1.82, 2.24) is 24.4 Å². The number of rotatable bonds is 10. The molecule has 0 saturated carbocycles. The third kappa shape index (κ3) is 6.61. The largest absolute Gasteiger partial charge is 0.486 e. The Morgan fingerprint density at radius 3 is 2.74 bits per heavy atom. The average Bonchev–Trinajstić information content (AvgIpc) is 3.65. The van der Waals surface area contributed by atoms with Crippen LogP contribution in [0.15, 0.2) is 71.6 Å². The van der Waals surface area contributed by atoms with Gasteiger partial charge in [0.15, 0.2) is 6.39 Å². The molecule has 0 radical (unpaired) electrons. The molecule has 0 amide bonds. The molecule has 0 spiro atoms. The number of oxazole rings is 1. The quantitative estimate of drug-likeness (QED) is 0.225. The third-order valence-corrected chi connectivity index (χ3v) is 7.51. The van der Waals surface area contributed by atoms with E-state index in [1.54, 1.807) is 42.6 Å². The molecule has 1 aliphatic heterocycles. The van der Waals surface area contributed by atoms with Crippen molar-refractivity contribution in [3.8, 4) is 17.7 Å². The highest BCUT2D eigenvalue weighted by Gasteiger charge is 2.24. The second-order valence-corrected chi connectivity index (χ2v) is 10.6. The Labute approximate surface area is 251 Å². The third-order valence-electron chi connectivity index (χ3n) is 7.28. The van der Waals surface area contributed by atoms with Crippen molar-refractivity contribution >= 4 is 28.6 Å². The van der Waals surface area contributed by atoms with Gasteiger partial charge in [0.2, 0.25) is 5.88 Å². The van der Waals surface area contributed by atoms with E-state index in [9.17, 15) is 15.2 Å². The number of imidazole rings is 1. The maximum absolute atomic E-state index is 11.6. The van der Waals surface area contributed by atoms with Crippen LogP contribution in [0.5, 0.6) is 11.6 Å². The summed E-state index contributed by atoms with van der Waals surface area (Å²) < 4.78 is 19.5. The first-order chi connectivity index (χ1) is 20.9. The molecule has 1 fully saturated rings. The number of nitriles is 1. The Hall–Kier alpha value is -4.92. The molecule has 4 heterocycles. The van der Waals surface area contributed by atoms with E-state index in [1.165, 1.54) is 6.39 Å². The van der Waals surface area contributed by atoms with Gasteiger partial charge >= 0.3 is 5.97 Å². The number of piperidine rings is 1. The number of carboxylic acids is 1. The van der Waals surface area contributed by atoms with Gasteiger partial charge in [-0.25, -0.2) is 19.7 Å². The van der Waals surface area contributed by atoms with Gasteiger partial charge in [-0.05, 0) is 55.3 Å². The minimum absolute atomic E-state index is 0.00695. The molecule has 1 aliphatic rings. The highest BCUT2D eigenvalue weighted by molar-refractivity contribution is 6.30. The molecule has 3 aromatic heterocycles. The van der Waals surface area contributed by atoms with Crippen molar-refractivity contribution < 1.29 is 23.8 Å². The minimum Gasteiger partial charge on any atom is -0.486 e. The van der Waals surface area contributed by atoms with Gasteiger partial charge in [-0.1, -0.05) is 17.7 Å². The van der Waals surface area contributed by atoms with E-state index in [0.29, 0.717) is 46.8 Å². The number of ether oxygens (including phenoxy) is 2. The molecule has 1 saturated heterocycles. The monoisotopic (exact) mass is 598 g/mol. The molecule has 11 nitrogen and oxygen atoms in total. The zero-order chi connectivity index (χ0) is 29.8. The Morgan fingerprint density at radius 1 is 1.12 bits per heavy atom. The first-order valence-corrected chi connectivity index (χ1v) is 14.1. The van der Waals surface area contributed by atoms with Gasteiger partial charge in [0.1, 0.15) is 36.1 Å². The molecular formula is C31H27ClN6O5. The van der Waals surface area contributed by atoms with E-state index in [-0.39, 0.29) is 18.3 Å². The van der Waals surface area contributed by atoms with Crippen LogP contribution in [-0.4, -0.2) is 54.7 Å². The van der Waals surface area contributed by atoms with E-state index < -0.39 is 5.97 Å². The predicted molar refractivity (Wildman–Crippen MR) is 156 cm³/mol. The maximum atomic E-state index is 11.6. The highest BCUT2D eigenvalue weighted by atomic mass is 35.5. The van der Waals surface area contributed by atoms with Crippen molar-refractivity contribution in [2.45, 2.75) is 38.6 Å². The zero-order valence-corrected chi connectivity index (χ0v) is 23.8. The van der Waals surface area contributed by atoms with Gasteiger partial charge in [0.05, 0.1) is 47.1 Å². The van der Waals surface area contributed by atoms with E-state index in [1.807, 2.05) is 22.8 Å². The number of fused-ring (bicyclic) bond motifs is 1. The second kappa shape index (κ2) is 12.5. The number of halogens is 1. The molecule has 43 heavy (non-hydrogen) atoms. The summed E-state index contributed by atoms with van der Waals surface area (Å²) in [6.45, 7) is 2.78. The number of carboxylic acid groups (broad SMARTS) is 1. The van der Waals surface area contributed by atoms with E-state index in [4.69, 9.17) is 30.5 Å². The van der Waals surface area contributed by atoms with Crippen molar-refractivity contribution in [2.75, 3.05) is 13.1 Å². The Balaban J connectivity index is 1.08. The van der Waals surface area contributed by atoms with Gasteiger partial charge in [0.25, 0.3) is 0 Å². The molecule has 1 N–H and O–H groups in total. The predicted octanol–water partition coefficient (Wildman–Crippen LogP) is 5.31. The van der Waals surface area contributed by atoms with Crippen LogP contribution in [-0.2, 0) is 19.7 Å². The van der Waals surface area contributed by atoms with Crippen LogP contribution in [0.25, 0.3) is 11.0 Å². The van der Waals surface area contributed by atoms with E-state index in [0.717, 1.165) is 42.8 Å². The number of carbonyl (C=O) groups is 1. The van der Waals surface area contributed by atoms with Gasteiger partial charge in [-0.2, -0.15) is 5.26 Å². The number of nitrogens with zero attached hydrogens (tertiary/aromatic N) is 6. The number of pyridine rings is 1. The van der Waals surface area contributed by atoms with E-state index >= 15 is 0 Å². The zero-order valence-electron chi connectivity index (χ0n) is 23.0. The molecule has 12 heteroatoms. The summed E-state index contributed by atoms with van der Waals surface area (Å²) in [6, 6.07) is 17.5. The number of benzene rings is 2. The first kappa shape index (κ1) is 28.2. The van der Waals surface area contributed by atoms with Crippen molar-refractivity contribution in [2.24, 2.45) is 0 Å². The smallest absolute Gasteiger partial charge is 0.335 e. The van der Waals surface area contributed by atoms with Crippen LogP contribution in [0.1, 0.15) is 46.0 Å². The standard InChI is InChI=1S/C31H27ClN6O5/c32-22-5-7-28(21(12-22)14-33)41-18-23-2-1-3-30(35-23)43-24-8-10-37(11-9-24)17-29-36-26-6-4-20(31(39)40)13-27(26)38(29)16-25-15-34-19-42-25/h1-7,12-13,15,19,24H,8-11,16-18H2,(H,39,40). The molecule has 0 unspecified atom stereocenters. The number of hydrogen-bond acceptors (Lipinski definition) is 9. The number of likely N-dealkylation sites (tertiary alicyclic amines) is 1. The van der Waals surface area contributed by atoms with Gasteiger partial charge in [-0.15, -0.1) is 0 Å². The Morgan fingerprint density at radius 2 is 1.98 bits per heavy atom. The maximum Gasteiger partial charge on any atom is 0.335 e. The van der Waals surface area contributed by atoms with Crippen molar-refractivity contribution in [3.63, 3.8) is 0 Å². The van der Waals surface area contributed by atoms with Crippen molar-refractivity contribution in [3.05, 3.63) is 101 Å². The molecule has 5 aromatic rings. The van der Waals surface area contributed by atoms with Crippen molar-refractivity contribution in [1.29, 1.82) is 5.26 Å². The fraction of sp³-hybridized carbons (Fsp3) is 0.258. The Kier molecular flexibility index (Phi) is 8.22. The fourth-order valence-corrected chi connectivity index (χ4v) is 5.28. The summed E-state index contributed by atoms with van der Waals surface area (Å²) in [5.41, 5.74) is 2.72. The summed E-state index contributed by atoms with van der Waals surface area (Å²) >= 11 is 5.97. The lowest BCUT2D eigenvalue weighted by Gasteiger charge is -2.31. The molecule has 2 aromatic carbocycles. The fourth-order valence-electron chi connectivity index (χ4n) is 5.11. The summed E-state index contributed by atoms with van der Waals surface area (Å²) in [5.74, 6) is 1.47. The molecule has 218 valence electrons. The Bertz CT molecular complexity index is 1790. The minimum atomic E-state index is -0.986. The SMILES string of the molecule is N#Cc1cc(Cl)ccc1OCc1cccc(OC2CCN(Cc3nc4ccc(C(=O)O)cc4n3Cc3cnco3)CC2)n1. The second-order valence-electron chi connectivity index (χ2n) is 10.2. The van der Waals surface area contributed by atoms with Gasteiger partial charge in [0, 0.05) is 24.2 Å². The highest BCUT2D eigenvalue weighted by Crippen LogP contribution is 2.25.